The van der Waals surface area contributed by atoms with Gasteiger partial charge in [-0.15, -0.1) is 11.3 Å². The Hall–Kier alpha value is -2.34. The zero-order chi connectivity index (χ0) is 18.1. The normalized spacial score (nSPS) is 15.3. The molecule has 6 heteroatoms. The Morgan fingerprint density at radius 2 is 2.00 bits per heavy atom. The Bertz CT molecular complexity index is 958. The summed E-state index contributed by atoms with van der Waals surface area (Å²) in [6.07, 6.45) is 4.53. The van der Waals surface area contributed by atoms with Crippen molar-refractivity contribution in [2.24, 2.45) is 0 Å². The molecule has 0 saturated carbocycles. The number of benzene rings is 1. The lowest BCUT2D eigenvalue weighted by Gasteiger charge is -2.19. The number of anilines is 1. The monoisotopic (exact) mass is 369 g/mol. The molecule has 1 aliphatic rings. The highest BCUT2D eigenvalue weighted by Gasteiger charge is 2.23. The Morgan fingerprint density at radius 3 is 2.73 bits per heavy atom. The summed E-state index contributed by atoms with van der Waals surface area (Å²) in [5.74, 6) is 0.863. The quantitative estimate of drug-likeness (QED) is 0.741. The summed E-state index contributed by atoms with van der Waals surface area (Å²) in [7, 11) is 0. The second-order valence-electron chi connectivity index (χ2n) is 6.68. The fourth-order valence-electron chi connectivity index (χ4n) is 3.51. The van der Waals surface area contributed by atoms with Crippen molar-refractivity contribution < 1.29 is 9.53 Å². The van der Waals surface area contributed by atoms with Crippen molar-refractivity contribution >= 4 is 44.1 Å². The van der Waals surface area contributed by atoms with E-state index >= 15 is 0 Å². The van der Waals surface area contributed by atoms with Gasteiger partial charge in [0.05, 0.1) is 17.8 Å². The number of nitrogens with two attached hydrogens (primary N) is 1. The highest BCUT2D eigenvalue weighted by atomic mass is 32.1. The zero-order valence-electron chi connectivity index (χ0n) is 15.0. The van der Waals surface area contributed by atoms with E-state index in [9.17, 15) is 4.79 Å². The first-order valence-corrected chi connectivity index (χ1v) is 10.0. The van der Waals surface area contributed by atoms with Gasteiger partial charge in [-0.1, -0.05) is 12.8 Å². The van der Waals surface area contributed by atoms with E-state index in [0.717, 1.165) is 52.8 Å². The van der Waals surface area contributed by atoms with Crippen LogP contribution in [0.3, 0.4) is 0 Å². The minimum absolute atomic E-state index is 0.0476. The van der Waals surface area contributed by atoms with Crippen LogP contribution < -0.4 is 10.5 Å². The van der Waals surface area contributed by atoms with Crippen LogP contribution in [0.1, 0.15) is 42.3 Å². The van der Waals surface area contributed by atoms with Gasteiger partial charge in [0.1, 0.15) is 15.5 Å². The largest absolute Gasteiger partial charge is 0.494 e. The molecular formula is C20H23N3O2S. The molecule has 0 atom stereocenters. The number of nitrogen functional groups attached to an aromatic ring is 1. The minimum atomic E-state index is 0.0476. The molecule has 26 heavy (non-hydrogen) atoms. The third-order valence-corrected chi connectivity index (χ3v) is 5.99. The highest BCUT2D eigenvalue weighted by molar-refractivity contribution is 7.21. The number of nitrogens with zero attached hydrogens (tertiary/aromatic N) is 2. The van der Waals surface area contributed by atoms with E-state index < -0.39 is 0 Å². The van der Waals surface area contributed by atoms with Gasteiger partial charge in [-0.2, -0.15) is 0 Å². The number of amides is 1. The molecule has 136 valence electrons. The summed E-state index contributed by atoms with van der Waals surface area (Å²) in [5, 5.41) is 1.83. The van der Waals surface area contributed by atoms with Crippen LogP contribution in [-0.2, 0) is 0 Å². The summed E-state index contributed by atoms with van der Waals surface area (Å²) >= 11 is 1.40. The predicted octanol–water partition coefficient (Wildman–Crippen LogP) is 4.45. The van der Waals surface area contributed by atoms with Crippen molar-refractivity contribution in [2.75, 3.05) is 25.4 Å². The predicted molar refractivity (Wildman–Crippen MR) is 107 cm³/mol. The molecule has 0 aliphatic carbocycles. The molecule has 0 spiro atoms. The number of likely N-dealkylation sites (tertiary alicyclic amines) is 1. The summed E-state index contributed by atoms with van der Waals surface area (Å²) in [5.41, 5.74) is 7.80. The Labute approximate surface area is 156 Å². The van der Waals surface area contributed by atoms with Gasteiger partial charge in [0.2, 0.25) is 0 Å². The number of aromatic nitrogens is 1. The molecule has 2 aromatic heterocycles. The molecule has 0 bridgehead atoms. The van der Waals surface area contributed by atoms with Crippen molar-refractivity contribution in [3.05, 3.63) is 29.1 Å². The first-order chi connectivity index (χ1) is 12.7. The number of rotatable bonds is 3. The van der Waals surface area contributed by atoms with E-state index in [-0.39, 0.29) is 5.91 Å². The average Bonchev–Trinajstić information content (AvgIpc) is 2.83. The van der Waals surface area contributed by atoms with Crippen molar-refractivity contribution in [1.29, 1.82) is 0 Å². The van der Waals surface area contributed by atoms with Crippen molar-refractivity contribution in [2.45, 2.75) is 32.6 Å². The summed E-state index contributed by atoms with van der Waals surface area (Å²) < 4.78 is 5.57. The van der Waals surface area contributed by atoms with Crippen LogP contribution in [0.25, 0.3) is 21.1 Å². The van der Waals surface area contributed by atoms with Crippen LogP contribution >= 0.6 is 11.3 Å². The third-order valence-electron chi connectivity index (χ3n) is 4.88. The van der Waals surface area contributed by atoms with Crippen LogP contribution in [0, 0.1) is 0 Å². The van der Waals surface area contributed by atoms with E-state index in [4.69, 9.17) is 15.5 Å². The third kappa shape index (κ3) is 3.09. The lowest BCUT2D eigenvalue weighted by molar-refractivity contribution is 0.0767. The van der Waals surface area contributed by atoms with E-state index in [1.807, 2.05) is 36.1 Å². The average molecular weight is 369 g/mol. The maximum atomic E-state index is 13.0. The molecule has 3 heterocycles. The van der Waals surface area contributed by atoms with E-state index in [0.29, 0.717) is 17.2 Å². The number of carbonyl (C=O) groups excluding carboxylic acids is 1. The van der Waals surface area contributed by atoms with Crippen molar-refractivity contribution in [3.8, 4) is 5.75 Å². The molecule has 1 fully saturated rings. The first kappa shape index (κ1) is 17.1. The van der Waals surface area contributed by atoms with Crippen molar-refractivity contribution in [1.82, 2.24) is 9.88 Å². The van der Waals surface area contributed by atoms with E-state index in [1.54, 1.807) is 0 Å². The van der Waals surface area contributed by atoms with Gasteiger partial charge in [-0.3, -0.25) is 4.79 Å². The second kappa shape index (κ2) is 7.11. The van der Waals surface area contributed by atoms with E-state index in [1.165, 1.54) is 24.2 Å². The van der Waals surface area contributed by atoms with Crippen LogP contribution in [0.2, 0.25) is 0 Å². The van der Waals surface area contributed by atoms with Gasteiger partial charge in [0, 0.05) is 23.9 Å². The number of carbonyl (C=O) groups is 1. The smallest absolute Gasteiger partial charge is 0.266 e. The van der Waals surface area contributed by atoms with Crippen LogP contribution in [-0.4, -0.2) is 35.5 Å². The zero-order valence-corrected chi connectivity index (χ0v) is 15.8. The number of thiophene rings is 1. The molecule has 1 aliphatic heterocycles. The minimum Gasteiger partial charge on any atom is -0.494 e. The maximum Gasteiger partial charge on any atom is 0.266 e. The summed E-state index contributed by atoms with van der Waals surface area (Å²) in [4.78, 5) is 21.1. The lowest BCUT2D eigenvalue weighted by Crippen LogP contribution is -2.31. The summed E-state index contributed by atoms with van der Waals surface area (Å²) in [6, 6.07) is 7.86. The fourth-order valence-corrected chi connectivity index (χ4v) is 4.57. The van der Waals surface area contributed by atoms with Crippen LogP contribution in [0.15, 0.2) is 24.3 Å². The van der Waals surface area contributed by atoms with Gasteiger partial charge in [0.15, 0.2) is 0 Å². The summed E-state index contributed by atoms with van der Waals surface area (Å²) in [6.45, 7) is 4.22. The number of pyridine rings is 1. The van der Waals surface area contributed by atoms with Gasteiger partial charge in [0.25, 0.3) is 5.91 Å². The molecule has 3 aromatic rings. The van der Waals surface area contributed by atoms with Gasteiger partial charge in [-0.05, 0) is 44.0 Å². The maximum absolute atomic E-state index is 13.0. The number of fused-ring (bicyclic) bond motifs is 2. The number of hydrogen-bond donors (Lipinski definition) is 1. The fraction of sp³-hybridized carbons (Fsp3) is 0.400. The lowest BCUT2D eigenvalue weighted by atomic mass is 10.1. The standard InChI is InChI=1S/C20H23N3O2S/c1-2-25-14-7-8-16-13(11-14)12-15-17(21)18(26-19(15)22-16)20(24)23-9-5-3-4-6-10-23/h7-8,11-12H,2-6,9-10,21H2,1H3. The van der Waals surface area contributed by atoms with Crippen LogP contribution in [0.5, 0.6) is 5.75 Å². The SMILES string of the molecule is CCOc1ccc2nc3sc(C(=O)N4CCCCCC4)c(N)c3cc2c1. The number of ether oxygens (including phenoxy) is 1. The highest BCUT2D eigenvalue weighted by Crippen LogP contribution is 2.36. The molecule has 0 unspecified atom stereocenters. The molecule has 1 saturated heterocycles. The molecule has 0 radical (unpaired) electrons. The Balaban J connectivity index is 1.75. The molecule has 1 amide bonds. The van der Waals surface area contributed by atoms with Crippen LogP contribution in [0.4, 0.5) is 5.69 Å². The van der Waals surface area contributed by atoms with Crippen molar-refractivity contribution in [3.63, 3.8) is 0 Å². The number of hydrogen-bond acceptors (Lipinski definition) is 5. The van der Waals surface area contributed by atoms with E-state index in [2.05, 4.69) is 0 Å². The second-order valence-corrected chi connectivity index (χ2v) is 7.68. The Kier molecular flexibility index (Phi) is 4.68. The van der Waals surface area contributed by atoms with Gasteiger partial charge < -0.3 is 15.4 Å². The first-order valence-electron chi connectivity index (χ1n) is 9.22. The Morgan fingerprint density at radius 1 is 1.23 bits per heavy atom. The topological polar surface area (TPSA) is 68.5 Å². The van der Waals surface area contributed by atoms with Gasteiger partial charge in [-0.25, -0.2) is 4.98 Å². The molecule has 5 nitrogen and oxygen atoms in total. The van der Waals surface area contributed by atoms with Gasteiger partial charge >= 0.3 is 0 Å². The molecular weight excluding hydrogens is 346 g/mol. The molecule has 1 aromatic carbocycles. The molecule has 4 rings (SSSR count). The molecule has 2 N–H and O–H groups in total.